The Balaban J connectivity index is 2.17. The molecule has 0 aliphatic heterocycles. The smallest absolute Gasteiger partial charge is 0.305 e. The number of carbonyl (C=O) groups excluding carboxylic acids is 2. The number of methoxy groups -OCH3 is 1. The van der Waals surface area contributed by atoms with E-state index in [2.05, 4.69) is 16.6 Å². The minimum absolute atomic E-state index is 0.00277. The van der Waals surface area contributed by atoms with Gasteiger partial charge in [0.2, 0.25) is 0 Å². The summed E-state index contributed by atoms with van der Waals surface area (Å²) in [4.78, 5) is 28.0. The SMILES string of the molecule is CCCCOc1ccc(C(=O)CCCC(=O)OC)c2cccnc12. The largest absolute Gasteiger partial charge is 0.491 e. The molecule has 0 fully saturated rings. The highest BCUT2D eigenvalue weighted by molar-refractivity contribution is 6.08. The molecule has 0 N–H and O–H groups in total. The summed E-state index contributed by atoms with van der Waals surface area (Å²) in [6, 6.07) is 7.27. The molecule has 5 nitrogen and oxygen atoms in total. The zero-order valence-corrected chi connectivity index (χ0v) is 14.2. The number of aromatic nitrogens is 1. The Hall–Kier alpha value is -2.43. The first-order chi connectivity index (χ1) is 11.7. The molecule has 0 aliphatic carbocycles. The van der Waals surface area contributed by atoms with E-state index < -0.39 is 0 Å². The van der Waals surface area contributed by atoms with Crippen molar-refractivity contribution in [2.24, 2.45) is 0 Å². The number of pyridine rings is 1. The number of ether oxygens (including phenoxy) is 2. The lowest BCUT2D eigenvalue weighted by molar-refractivity contribution is -0.140. The number of esters is 1. The Bertz CT molecular complexity index is 712. The summed E-state index contributed by atoms with van der Waals surface area (Å²) in [6.07, 6.45) is 4.75. The van der Waals surface area contributed by atoms with Crippen LogP contribution in [0.5, 0.6) is 5.75 Å². The second-order valence-electron chi connectivity index (χ2n) is 5.57. The normalized spacial score (nSPS) is 10.6. The average Bonchev–Trinajstić information content (AvgIpc) is 2.61. The molecule has 0 aliphatic rings. The van der Waals surface area contributed by atoms with Gasteiger partial charge in [0.15, 0.2) is 5.78 Å². The van der Waals surface area contributed by atoms with Crippen LogP contribution in [0.4, 0.5) is 0 Å². The second kappa shape index (κ2) is 9.01. The fraction of sp³-hybridized carbons (Fsp3) is 0.421. The molecule has 0 saturated carbocycles. The van der Waals surface area contributed by atoms with E-state index in [0.717, 1.165) is 18.2 Å². The van der Waals surface area contributed by atoms with E-state index in [0.29, 0.717) is 36.3 Å². The number of hydrogen-bond donors (Lipinski definition) is 0. The summed E-state index contributed by atoms with van der Waals surface area (Å²) < 4.78 is 10.4. The summed E-state index contributed by atoms with van der Waals surface area (Å²) in [7, 11) is 1.35. The average molecular weight is 329 g/mol. The third-order valence-electron chi connectivity index (χ3n) is 3.80. The van der Waals surface area contributed by atoms with Crippen LogP contribution in [0.1, 0.15) is 49.4 Å². The van der Waals surface area contributed by atoms with Crippen molar-refractivity contribution in [3.63, 3.8) is 0 Å². The number of ketones is 1. The minimum atomic E-state index is -0.297. The van der Waals surface area contributed by atoms with Gasteiger partial charge in [-0.1, -0.05) is 19.4 Å². The van der Waals surface area contributed by atoms with Crippen molar-refractivity contribution >= 4 is 22.7 Å². The number of unbranched alkanes of at least 4 members (excludes halogenated alkanes) is 1. The van der Waals surface area contributed by atoms with Gasteiger partial charge in [0.05, 0.1) is 13.7 Å². The van der Waals surface area contributed by atoms with Crippen molar-refractivity contribution < 1.29 is 19.1 Å². The monoisotopic (exact) mass is 329 g/mol. The highest BCUT2D eigenvalue weighted by Gasteiger charge is 2.14. The molecule has 1 heterocycles. The summed E-state index contributed by atoms with van der Waals surface area (Å²) >= 11 is 0. The highest BCUT2D eigenvalue weighted by Crippen LogP contribution is 2.28. The Morgan fingerprint density at radius 3 is 2.71 bits per heavy atom. The van der Waals surface area contributed by atoms with Crippen LogP contribution in [0, 0.1) is 0 Å². The summed E-state index contributed by atoms with van der Waals surface area (Å²) in [5, 5.41) is 0.787. The van der Waals surface area contributed by atoms with Gasteiger partial charge >= 0.3 is 5.97 Å². The van der Waals surface area contributed by atoms with Crippen molar-refractivity contribution in [3.8, 4) is 5.75 Å². The molecular formula is C19H23NO4. The van der Waals surface area contributed by atoms with Gasteiger partial charge < -0.3 is 9.47 Å². The molecular weight excluding hydrogens is 306 g/mol. The Morgan fingerprint density at radius 2 is 1.96 bits per heavy atom. The lowest BCUT2D eigenvalue weighted by Crippen LogP contribution is -2.05. The fourth-order valence-electron chi connectivity index (χ4n) is 2.46. The van der Waals surface area contributed by atoms with E-state index in [9.17, 15) is 9.59 Å². The maximum absolute atomic E-state index is 12.5. The van der Waals surface area contributed by atoms with E-state index in [1.807, 2.05) is 12.1 Å². The van der Waals surface area contributed by atoms with E-state index in [1.54, 1.807) is 18.3 Å². The summed E-state index contributed by atoms with van der Waals surface area (Å²) in [6.45, 7) is 2.74. The Labute approximate surface area is 142 Å². The first-order valence-corrected chi connectivity index (χ1v) is 8.28. The first-order valence-electron chi connectivity index (χ1n) is 8.28. The molecule has 0 saturated heterocycles. The summed E-state index contributed by atoms with van der Waals surface area (Å²) in [5.41, 5.74) is 1.32. The maximum atomic E-state index is 12.5. The number of fused-ring (bicyclic) bond motifs is 1. The van der Waals surface area contributed by atoms with Gasteiger partial charge in [-0.05, 0) is 31.0 Å². The molecule has 5 heteroatoms. The minimum Gasteiger partial charge on any atom is -0.491 e. The molecule has 0 atom stereocenters. The van der Waals surface area contributed by atoms with Gasteiger partial charge in [-0.15, -0.1) is 0 Å². The van der Waals surface area contributed by atoms with Crippen molar-refractivity contribution in [1.82, 2.24) is 4.98 Å². The zero-order chi connectivity index (χ0) is 17.4. The predicted octanol–water partition coefficient (Wildman–Crippen LogP) is 3.94. The van der Waals surface area contributed by atoms with E-state index in [1.165, 1.54) is 7.11 Å². The quantitative estimate of drug-likeness (QED) is 0.396. The Kier molecular flexibility index (Phi) is 6.73. The van der Waals surface area contributed by atoms with Crippen LogP contribution in [0.2, 0.25) is 0 Å². The van der Waals surface area contributed by atoms with Gasteiger partial charge in [0.25, 0.3) is 0 Å². The second-order valence-corrected chi connectivity index (χ2v) is 5.57. The van der Waals surface area contributed by atoms with Gasteiger partial charge in [-0.2, -0.15) is 0 Å². The van der Waals surface area contributed by atoms with Crippen LogP contribution in [0.3, 0.4) is 0 Å². The number of Topliss-reactive ketones (excluding diaryl/α,β-unsaturated/α-hetero) is 1. The number of nitrogens with zero attached hydrogens (tertiary/aromatic N) is 1. The van der Waals surface area contributed by atoms with Crippen molar-refractivity contribution in [2.45, 2.75) is 39.0 Å². The van der Waals surface area contributed by atoms with Crippen LogP contribution in [0.25, 0.3) is 10.9 Å². The summed E-state index contributed by atoms with van der Waals surface area (Å²) in [5.74, 6) is 0.399. The lowest BCUT2D eigenvalue weighted by atomic mass is 10.0. The standard InChI is InChI=1S/C19H23NO4/c1-3-4-13-24-17-11-10-14(15-7-6-12-20-19(15)17)16(21)8-5-9-18(22)23-2/h6-7,10-12H,3-5,8-9,13H2,1-2H3. The van der Waals surface area contributed by atoms with E-state index in [4.69, 9.17) is 4.74 Å². The van der Waals surface area contributed by atoms with Gasteiger partial charge in [-0.25, -0.2) is 0 Å². The molecule has 0 amide bonds. The van der Waals surface area contributed by atoms with Crippen LogP contribution < -0.4 is 4.74 Å². The van der Waals surface area contributed by atoms with Crippen molar-refractivity contribution in [3.05, 3.63) is 36.0 Å². The van der Waals surface area contributed by atoms with Gasteiger partial charge in [0, 0.05) is 30.0 Å². The van der Waals surface area contributed by atoms with E-state index in [-0.39, 0.29) is 18.2 Å². The molecule has 0 unspecified atom stereocenters. The molecule has 0 spiro atoms. The molecule has 2 aromatic rings. The van der Waals surface area contributed by atoms with Crippen LogP contribution >= 0.6 is 0 Å². The van der Waals surface area contributed by atoms with Crippen LogP contribution in [0.15, 0.2) is 30.5 Å². The third-order valence-corrected chi connectivity index (χ3v) is 3.80. The van der Waals surface area contributed by atoms with Crippen LogP contribution in [-0.4, -0.2) is 30.5 Å². The molecule has 0 bridgehead atoms. The lowest BCUT2D eigenvalue weighted by Gasteiger charge is -2.11. The van der Waals surface area contributed by atoms with Crippen molar-refractivity contribution in [1.29, 1.82) is 0 Å². The fourth-order valence-corrected chi connectivity index (χ4v) is 2.46. The molecule has 0 radical (unpaired) electrons. The predicted molar refractivity (Wildman–Crippen MR) is 92.3 cm³/mol. The molecule has 1 aromatic heterocycles. The first kappa shape index (κ1) is 17.9. The van der Waals surface area contributed by atoms with Gasteiger partial charge in [-0.3, -0.25) is 14.6 Å². The highest BCUT2D eigenvalue weighted by atomic mass is 16.5. The van der Waals surface area contributed by atoms with Gasteiger partial charge in [0.1, 0.15) is 11.3 Å². The van der Waals surface area contributed by atoms with Crippen LogP contribution in [-0.2, 0) is 9.53 Å². The molecule has 24 heavy (non-hydrogen) atoms. The number of benzene rings is 1. The topological polar surface area (TPSA) is 65.5 Å². The molecule has 128 valence electrons. The Morgan fingerprint density at radius 1 is 1.12 bits per heavy atom. The van der Waals surface area contributed by atoms with Crippen molar-refractivity contribution in [2.75, 3.05) is 13.7 Å². The maximum Gasteiger partial charge on any atom is 0.305 e. The zero-order valence-electron chi connectivity index (χ0n) is 14.2. The number of rotatable bonds is 9. The number of carbonyl (C=O) groups is 2. The van der Waals surface area contributed by atoms with E-state index >= 15 is 0 Å². The number of hydrogen-bond acceptors (Lipinski definition) is 5. The third kappa shape index (κ3) is 4.54. The molecule has 2 rings (SSSR count). The molecule has 1 aromatic carbocycles.